The lowest BCUT2D eigenvalue weighted by molar-refractivity contribution is 0.0701. The Balaban J connectivity index is 1.82. The molecular weight excluding hydrogens is 334 g/mol. The standard InChI is InChI=1S/C16H15NO4S2/c1-10-8-13(22-14(10)15(18)19)23(20,21)17-9-16(6-7-16)11-4-2-3-5-12(11)17/h2-5,8H,6-7,9H2,1H3,(H,18,19). The molecule has 1 aromatic carbocycles. The molecule has 0 saturated heterocycles. The lowest BCUT2D eigenvalue weighted by Crippen LogP contribution is -2.31. The molecule has 1 spiro atoms. The van der Waals surface area contributed by atoms with Crippen LogP contribution in [0.4, 0.5) is 5.69 Å². The van der Waals surface area contributed by atoms with Crippen LogP contribution in [0.1, 0.15) is 33.6 Å². The molecule has 7 heteroatoms. The minimum absolute atomic E-state index is 0.0361. The fourth-order valence-corrected chi connectivity index (χ4v) is 6.34. The Labute approximate surface area is 138 Å². The van der Waals surface area contributed by atoms with Gasteiger partial charge in [-0.3, -0.25) is 4.31 Å². The maximum atomic E-state index is 13.0. The Morgan fingerprint density at radius 3 is 2.61 bits per heavy atom. The van der Waals surface area contributed by atoms with Gasteiger partial charge in [0.2, 0.25) is 0 Å². The first kappa shape index (κ1) is 14.7. The van der Waals surface area contributed by atoms with E-state index in [0.29, 0.717) is 12.1 Å². The minimum atomic E-state index is -3.73. The van der Waals surface area contributed by atoms with Crippen LogP contribution in [0, 0.1) is 6.92 Å². The number of fused-ring (bicyclic) bond motifs is 2. The summed E-state index contributed by atoms with van der Waals surface area (Å²) in [6.07, 6.45) is 2.00. The van der Waals surface area contributed by atoms with Gasteiger partial charge in [-0.25, -0.2) is 13.2 Å². The third kappa shape index (κ3) is 2.03. The predicted octanol–water partition coefficient (Wildman–Crippen LogP) is 3.00. The quantitative estimate of drug-likeness (QED) is 0.924. The van der Waals surface area contributed by atoms with Gasteiger partial charge in [0.25, 0.3) is 10.0 Å². The van der Waals surface area contributed by atoms with Crippen molar-refractivity contribution < 1.29 is 18.3 Å². The Hall–Kier alpha value is -1.86. The van der Waals surface area contributed by atoms with Crippen molar-refractivity contribution in [2.75, 3.05) is 10.8 Å². The zero-order chi connectivity index (χ0) is 16.4. The number of hydrogen-bond donors (Lipinski definition) is 1. The molecule has 2 aromatic rings. The molecule has 0 atom stereocenters. The van der Waals surface area contributed by atoms with Crippen LogP contribution in [0.2, 0.25) is 0 Å². The zero-order valence-electron chi connectivity index (χ0n) is 12.4. The number of aryl methyl sites for hydroxylation is 1. The summed E-state index contributed by atoms with van der Waals surface area (Å²) in [5.41, 5.74) is 2.27. The monoisotopic (exact) mass is 349 g/mol. The molecule has 4 rings (SSSR count). The van der Waals surface area contributed by atoms with E-state index < -0.39 is 16.0 Å². The highest BCUT2D eigenvalue weighted by Gasteiger charge is 2.54. The van der Waals surface area contributed by atoms with Gasteiger partial charge in [-0.05, 0) is 43.0 Å². The lowest BCUT2D eigenvalue weighted by atomic mass is 9.99. The molecule has 1 aromatic heterocycles. The predicted molar refractivity (Wildman–Crippen MR) is 87.9 cm³/mol. The number of carboxylic acid groups (broad SMARTS) is 1. The molecular formula is C16H15NO4S2. The van der Waals surface area contributed by atoms with Gasteiger partial charge in [-0.15, -0.1) is 11.3 Å². The molecule has 0 radical (unpaired) electrons. The second-order valence-corrected chi connectivity index (χ2v) is 9.33. The second-order valence-electron chi connectivity index (χ2n) is 6.19. The molecule has 5 nitrogen and oxygen atoms in total. The number of para-hydroxylation sites is 1. The smallest absolute Gasteiger partial charge is 0.346 e. The zero-order valence-corrected chi connectivity index (χ0v) is 14.1. The van der Waals surface area contributed by atoms with Gasteiger partial charge in [-0.2, -0.15) is 0 Å². The van der Waals surface area contributed by atoms with Crippen molar-refractivity contribution in [3.63, 3.8) is 0 Å². The van der Waals surface area contributed by atoms with E-state index in [-0.39, 0.29) is 14.5 Å². The summed E-state index contributed by atoms with van der Waals surface area (Å²) in [7, 11) is -3.73. The maximum absolute atomic E-state index is 13.0. The number of sulfonamides is 1. The number of aromatic carboxylic acids is 1. The van der Waals surface area contributed by atoms with Crippen molar-refractivity contribution in [1.82, 2.24) is 0 Å². The molecule has 0 unspecified atom stereocenters. The number of hydrogen-bond acceptors (Lipinski definition) is 4. The molecule has 23 heavy (non-hydrogen) atoms. The SMILES string of the molecule is Cc1cc(S(=O)(=O)N2CC3(CC3)c3ccccc32)sc1C(=O)O. The lowest BCUT2D eigenvalue weighted by Gasteiger charge is -2.18. The minimum Gasteiger partial charge on any atom is -0.477 e. The summed E-state index contributed by atoms with van der Waals surface area (Å²) in [6.45, 7) is 2.08. The van der Waals surface area contributed by atoms with E-state index in [2.05, 4.69) is 0 Å². The number of carboxylic acids is 1. The number of benzene rings is 1. The van der Waals surface area contributed by atoms with Crippen LogP contribution in [0.15, 0.2) is 34.5 Å². The highest BCUT2D eigenvalue weighted by Crippen LogP contribution is 2.57. The van der Waals surface area contributed by atoms with Crippen molar-refractivity contribution in [2.24, 2.45) is 0 Å². The number of thiophene rings is 1. The van der Waals surface area contributed by atoms with Crippen LogP contribution in [0.5, 0.6) is 0 Å². The van der Waals surface area contributed by atoms with E-state index >= 15 is 0 Å². The van der Waals surface area contributed by atoms with Crippen molar-refractivity contribution >= 4 is 33.0 Å². The van der Waals surface area contributed by atoms with E-state index in [0.717, 1.165) is 35.4 Å². The number of anilines is 1. The number of nitrogens with zero attached hydrogens (tertiary/aromatic N) is 1. The molecule has 1 saturated carbocycles. The van der Waals surface area contributed by atoms with E-state index in [9.17, 15) is 13.2 Å². The summed E-state index contributed by atoms with van der Waals surface area (Å²) in [5, 5.41) is 9.16. The number of rotatable bonds is 3. The summed E-state index contributed by atoms with van der Waals surface area (Å²) in [5.74, 6) is -1.09. The fraction of sp³-hybridized carbons (Fsp3) is 0.312. The molecule has 0 amide bonds. The molecule has 1 N–H and O–H groups in total. The summed E-state index contributed by atoms with van der Waals surface area (Å²) in [4.78, 5) is 11.3. The maximum Gasteiger partial charge on any atom is 0.346 e. The Morgan fingerprint density at radius 1 is 1.30 bits per heavy atom. The molecule has 120 valence electrons. The number of carbonyl (C=O) groups is 1. The third-order valence-corrected chi connectivity index (χ3v) is 8.11. The average Bonchev–Trinajstić information content (AvgIpc) is 3.05. The highest BCUT2D eigenvalue weighted by atomic mass is 32.2. The van der Waals surface area contributed by atoms with Crippen molar-refractivity contribution in [1.29, 1.82) is 0 Å². The average molecular weight is 349 g/mol. The van der Waals surface area contributed by atoms with Gasteiger partial charge in [0, 0.05) is 12.0 Å². The van der Waals surface area contributed by atoms with Crippen LogP contribution < -0.4 is 4.31 Å². The van der Waals surface area contributed by atoms with Gasteiger partial charge in [0.15, 0.2) is 0 Å². The van der Waals surface area contributed by atoms with Gasteiger partial charge in [-0.1, -0.05) is 18.2 Å². The summed E-state index contributed by atoms with van der Waals surface area (Å²) < 4.78 is 27.6. The van der Waals surface area contributed by atoms with Gasteiger partial charge in [0.1, 0.15) is 9.09 Å². The largest absolute Gasteiger partial charge is 0.477 e. The van der Waals surface area contributed by atoms with Crippen LogP contribution >= 0.6 is 11.3 Å². The van der Waals surface area contributed by atoms with Crippen LogP contribution in [-0.4, -0.2) is 26.0 Å². The normalized spacial score (nSPS) is 18.2. The summed E-state index contributed by atoms with van der Waals surface area (Å²) in [6, 6.07) is 9.07. The highest BCUT2D eigenvalue weighted by molar-refractivity contribution is 7.94. The van der Waals surface area contributed by atoms with Crippen molar-refractivity contribution in [3.05, 3.63) is 46.3 Å². The van der Waals surface area contributed by atoms with Crippen molar-refractivity contribution in [3.8, 4) is 0 Å². The van der Waals surface area contributed by atoms with Crippen LogP contribution in [0.3, 0.4) is 0 Å². The molecule has 2 heterocycles. The Morgan fingerprint density at radius 2 is 2.00 bits per heavy atom. The second kappa shape index (κ2) is 4.58. The van der Waals surface area contributed by atoms with E-state index in [1.165, 1.54) is 10.4 Å². The Kier molecular flexibility index (Phi) is 2.93. The topological polar surface area (TPSA) is 74.7 Å². The van der Waals surface area contributed by atoms with E-state index in [1.54, 1.807) is 6.92 Å². The summed E-state index contributed by atoms with van der Waals surface area (Å²) >= 11 is 0.827. The van der Waals surface area contributed by atoms with Gasteiger partial charge < -0.3 is 5.11 Å². The molecule has 0 bridgehead atoms. The van der Waals surface area contributed by atoms with Crippen molar-refractivity contribution in [2.45, 2.75) is 29.4 Å². The van der Waals surface area contributed by atoms with E-state index in [1.807, 2.05) is 24.3 Å². The van der Waals surface area contributed by atoms with Crippen LogP contribution in [0.25, 0.3) is 0 Å². The molecule has 1 aliphatic carbocycles. The first-order chi connectivity index (χ1) is 10.8. The molecule has 2 aliphatic rings. The first-order valence-corrected chi connectivity index (χ1v) is 9.57. The van der Waals surface area contributed by atoms with Crippen LogP contribution in [-0.2, 0) is 15.4 Å². The molecule has 1 aliphatic heterocycles. The van der Waals surface area contributed by atoms with E-state index in [4.69, 9.17) is 5.11 Å². The molecule has 1 fully saturated rings. The fourth-order valence-electron chi connectivity index (χ4n) is 3.28. The third-order valence-electron chi connectivity index (χ3n) is 4.68. The van der Waals surface area contributed by atoms with Gasteiger partial charge >= 0.3 is 5.97 Å². The first-order valence-electron chi connectivity index (χ1n) is 7.31. The Bertz CT molecular complexity index is 925. The van der Waals surface area contributed by atoms with Gasteiger partial charge in [0.05, 0.1) is 5.69 Å².